The predicted octanol–water partition coefficient (Wildman–Crippen LogP) is 2.91. The molecule has 2 aliphatic rings. The Hall–Kier alpha value is -0.930. The van der Waals surface area contributed by atoms with Gasteiger partial charge in [-0.05, 0) is 49.1 Å². The molecule has 2 aliphatic carbocycles. The number of hydrogen-bond donors (Lipinski definition) is 1. The second-order valence-corrected chi connectivity index (χ2v) is 6.21. The average Bonchev–Trinajstić information content (AvgIpc) is 3.28. The molecule has 0 aromatic heterocycles. The molecule has 2 fully saturated rings. The van der Waals surface area contributed by atoms with Crippen LogP contribution in [0.1, 0.15) is 36.8 Å². The van der Waals surface area contributed by atoms with Crippen molar-refractivity contribution in [2.75, 3.05) is 13.1 Å². The van der Waals surface area contributed by atoms with E-state index in [1.54, 1.807) is 6.07 Å². The van der Waals surface area contributed by atoms with Gasteiger partial charge in [0.2, 0.25) is 0 Å². The van der Waals surface area contributed by atoms with Crippen LogP contribution in [-0.4, -0.2) is 18.0 Å². The molecule has 0 unspecified atom stereocenters. The molecule has 0 amide bonds. The van der Waals surface area contributed by atoms with E-state index in [2.05, 4.69) is 4.90 Å². The Bertz CT molecular complexity index is 424. The summed E-state index contributed by atoms with van der Waals surface area (Å²) in [6.45, 7) is 3.66. The van der Waals surface area contributed by atoms with Crippen LogP contribution in [0.15, 0.2) is 18.2 Å². The van der Waals surface area contributed by atoms with Crippen LogP contribution in [0.3, 0.4) is 0 Å². The Balaban J connectivity index is 1.65. The summed E-state index contributed by atoms with van der Waals surface area (Å²) in [5.74, 6) is 1.64. The van der Waals surface area contributed by atoms with E-state index in [1.165, 1.54) is 44.3 Å². The molecule has 0 heterocycles. The number of halogens is 1. The number of hydrogen-bond acceptors (Lipinski definition) is 2. The van der Waals surface area contributed by atoms with Gasteiger partial charge in [-0.25, -0.2) is 4.39 Å². The van der Waals surface area contributed by atoms with Gasteiger partial charge in [-0.1, -0.05) is 12.1 Å². The van der Waals surface area contributed by atoms with Crippen LogP contribution in [0.5, 0.6) is 0 Å². The van der Waals surface area contributed by atoms with Crippen LogP contribution in [0.2, 0.25) is 0 Å². The zero-order valence-corrected chi connectivity index (χ0v) is 11.4. The van der Waals surface area contributed by atoms with Crippen LogP contribution in [0.4, 0.5) is 4.39 Å². The van der Waals surface area contributed by atoms with Gasteiger partial charge in [-0.3, -0.25) is 4.90 Å². The molecule has 2 N–H and O–H groups in total. The lowest BCUT2D eigenvalue weighted by Crippen LogP contribution is -2.28. The van der Waals surface area contributed by atoms with Gasteiger partial charge in [0.1, 0.15) is 5.82 Å². The van der Waals surface area contributed by atoms with Crippen molar-refractivity contribution in [3.8, 4) is 0 Å². The summed E-state index contributed by atoms with van der Waals surface area (Å²) in [7, 11) is 0. The van der Waals surface area contributed by atoms with Crippen molar-refractivity contribution in [3.63, 3.8) is 0 Å². The van der Waals surface area contributed by atoms with Crippen molar-refractivity contribution in [1.29, 1.82) is 0 Å². The lowest BCUT2D eigenvalue weighted by Gasteiger charge is -2.22. The maximum atomic E-state index is 13.5. The van der Waals surface area contributed by atoms with Crippen LogP contribution in [0.25, 0.3) is 0 Å². The topological polar surface area (TPSA) is 29.3 Å². The molecular formula is C16H23FN2. The van der Waals surface area contributed by atoms with Gasteiger partial charge in [0.25, 0.3) is 0 Å². The molecule has 0 spiro atoms. The summed E-state index contributed by atoms with van der Waals surface area (Å²) < 4.78 is 13.5. The van der Waals surface area contributed by atoms with Gasteiger partial charge in [0.05, 0.1) is 0 Å². The Morgan fingerprint density at radius 2 is 1.74 bits per heavy atom. The number of nitrogens with zero attached hydrogens (tertiary/aromatic N) is 1. The van der Waals surface area contributed by atoms with Crippen molar-refractivity contribution in [3.05, 3.63) is 35.1 Å². The van der Waals surface area contributed by atoms with Crippen molar-refractivity contribution in [2.24, 2.45) is 17.6 Å². The zero-order chi connectivity index (χ0) is 13.2. The quantitative estimate of drug-likeness (QED) is 0.818. The fourth-order valence-corrected chi connectivity index (χ4v) is 2.68. The number of benzene rings is 1. The minimum Gasteiger partial charge on any atom is -0.326 e. The predicted molar refractivity (Wildman–Crippen MR) is 75.0 cm³/mol. The minimum absolute atomic E-state index is 0.179. The molecule has 3 heteroatoms. The molecule has 19 heavy (non-hydrogen) atoms. The Morgan fingerprint density at radius 3 is 2.26 bits per heavy atom. The van der Waals surface area contributed by atoms with Crippen LogP contribution in [-0.2, 0) is 13.1 Å². The smallest absolute Gasteiger partial charge is 0.127 e. The van der Waals surface area contributed by atoms with Gasteiger partial charge >= 0.3 is 0 Å². The molecule has 2 saturated carbocycles. The fourth-order valence-electron chi connectivity index (χ4n) is 2.68. The van der Waals surface area contributed by atoms with Crippen LogP contribution >= 0.6 is 0 Å². The lowest BCUT2D eigenvalue weighted by molar-refractivity contribution is 0.244. The molecule has 0 radical (unpaired) electrons. The Labute approximate surface area is 114 Å². The highest BCUT2D eigenvalue weighted by Crippen LogP contribution is 2.34. The molecule has 0 bridgehead atoms. The van der Waals surface area contributed by atoms with Crippen molar-refractivity contribution in [2.45, 2.75) is 38.8 Å². The molecule has 1 aromatic rings. The molecular weight excluding hydrogens is 239 g/mol. The molecule has 3 rings (SSSR count). The third kappa shape index (κ3) is 3.77. The summed E-state index contributed by atoms with van der Waals surface area (Å²) in [4.78, 5) is 2.56. The number of rotatable bonds is 7. The monoisotopic (exact) mass is 262 g/mol. The van der Waals surface area contributed by atoms with E-state index in [0.29, 0.717) is 5.56 Å². The zero-order valence-electron chi connectivity index (χ0n) is 11.4. The third-order valence-electron chi connectivity index (χ3n) is 4.16. The van der Waals surface area contributed by atoms with E-state index in [1.807, 2.05) is 12.1 Å². The summed E-state index contributed by atoms with van der Waals surface area (Å²) in [5.41, 5.74) is 7.41. The molecule has 0 atom stereocenters. The molecule has 0 saturated heterocycles. The van der Waals surface area contributed by atoms with E-state index in [9.17, 15) is 4.39 Å². The van der Waals surface area contributed by atoms with E-state index in [4.69, 9.17) is 5.73 Å². The first-order valence-corrected chi connectivity index (χ1v) is 7.44. The normalized spacial score (nSPS) is 19.1. The highest BCUT2D eigenvalue weighted by molar-refractivity contribution is 5.25. The van der Waals surface area contributed by atoms with E-state index in [0.717, 1.165) is 18.4 Å². The summed E-state index contributed by atoms with van der Waals surface area (Å²) >= 11 is 0. The highest BCUT2D eigenvalue weighted by atomic mass is 19.1. The van der Waals surface area contributed by atoms with E-state index in [-0.39, 0.29) is 12.4 Å². The largest absolute Gasteiger partial charge is 0.326 e. The second-order valence-electron chi connectivity index (χ2n) is 6.21. The van der Waals surface area contributed by atoms with Crippen LogP contribution < -0.4 is 5.73 Å². The maximum Gasteiger partial charge on any atom is 0.127 e. The van der Waals surface area contributed by atoms with Gasteiger partial charge in [0, 0.05) is 31.7 Å². The van der Waals surface area contributed by atoms with E-state index >= 15 is 0 Å². The molecule has 0 aliphatic heterocycles. The lowest BCUT2D eigenvalue weighted by atomic mass is 10.1. The molecule has 2 nitrogen and oxygen atoms in total. The summed E-state index contributed by atoms with van der Waals surface area (Å²) in [5, 5.41) is 0. The first-order chi connectivity index (χ1) is 9.24. The maximum absolute atomic E-state index is 13.5. The van der Waals surface area contributed by atoms with Gasteiger partial charge in [-0.2, -0.15) is 0 Å². The van der Waals surface area contributed by atoms with Crippen molar-refractivity contribution >= 4 is 0 Å². The highest BCUT2D eigenvalue weighted by Gasteiger charge is 2.29. The Kier molecular flexibility index (Phi) is 3.85. The van der Waals surface area contributed by atoms with Gasteiger partial charge in [-0.15, -0.1) is 0 Å². The van der Waals surface area contributed by atoms with Gasteiger partial charge < -0.3 is 5.73 Å². The summed E-state index contributed by atoms with van der Waals surface area (Å²) in [6, 6.07) is 5.40. The Morgan fingerprint density at radius 1 is 1.11 bits per heavy atom. The van der Waals surface area contributed by atoms with Crippen molar-refractivity contribution in [1.82, 2.24) is 4.90 Å². The standard InChI is InChI=1S/C16H23FN2/c17-16-6-5-14(7-15(16)8-18)11-19(9-12-1-2-12)10-13-3-4-13/h5-7,12-13H,1-4,8-11,18H2. The summed E-state index contributed by atoms with van der Waals surface area (Å²) in [6.07, 6.45) is 5.55. The first kappa shape index (κ1) is 13.1. The number of nitrogens with two attached hydrogens (primary N) is 1. The van der Waals surface area contributed by atoms with E-state index < -0.39 is 0 Å². The third-order valence-corrected chi connectivity index (χ3v) is 4.16. The second kappa shape index (κ2) is 5.59. The molecule has 1 aromatic carbocycles. The average molecular weight is 262 g/mol. The van der Waals surface area contributed by atoms with Crippen LogP contribution in [0, 0.1) is 17.7 Å². The minimum atomic E-state index is -0.179. The first-order valence-electron chi connectivity index (χ1n) is 7.44. The van der Waals surface area contributed by atoms with Crippen molar-refractivity contribution < 1.29 is 4.39 Å². The molecule has 104 valence electrons. The van der Waals surface area contributed by atoms with Gasteiger partial charge in [0.15, 0.2) is 0 Å². The fraction of sp³-hybridized carbons (Fsp3) is 0.625. The SMILES string of the molecule is NCc1cc(CN(CC2CC2)CC2CC2)ccc1F.